The van der Waals surface area contributed by atoms with E-state index in [1.54, 1.807) is 0 Å². The van der Waals surface area contributed by atoms with Crippen molar-refractivity contribution in [3.63, 3.8) is 0 Å². The normalized spacial score (nSPS) is 10.2. The lowest BCUT2D eigenvalue weighted by Crippen LogP contribution is -1.90. The second-order valence-corrected chi connectivity index (χ2v) is 3.64. The zero-order valence-electron chi connectivity index (χ0n) is 7.90. The average Bonchev–Trinajstić information content (AvgIpc) is 2.69. The number of rotatable bonds is 3. The van der Waals surface area contributed by atoms with Crippen LogP contribution in [0.25, 0.3) is 0 Å². The number of aromatic amines is 1. The Morgan fingerprint density at radius 1 is 1.33 bits per heavy atom. The topological polar surface area (TPSA) is 45.8 Å². The number of imidazole rings is 1. The molecule has 0 spiro atoms. The van der Waals surface area contributed by atoms with Gasteiger partial charge in [0.25, 0.3) is 0 Å². The van der Waals surface area contributed by atoms with E-state index in [1.165, 1.54) is 6.20 Å². The largest absolute Gasteiger partial charge is 0.340 e. The van der Waals surface area contributed by atoms with Crippen LogP contribution >= 0.6 is 11.6 Å². The molecule has 2 aromatic rings. The van der Waals surface area contributed by atoms with Crippen LogP contribution in [0.3, 0.4) is 0 Å². The van der Waals surface area contributed by atoms with Gasteiger partial charge in [0.05, 0.1) is 11.9 Å². The molecule has 76 valence electrons. The highest BCUT2D eigenvalue weighted by atomic mass is 35.5. The second-order valence-electron chi connectivity index (χ2n) is 3.21. The molecular formula is C11H9ClN2O. The lowest BCUT2D eigenvalue weighted by atomic mass is 10.1. The molecule has 0 bridgehead atoms. The molecule has 1 aromatic carbocycles. The van der Waals surface area contributed by atoms with Gasteiger partial charge in [-0.25, -0.2) is 4.98 Å². The lowest BCUT2D eigenvalue weighted by Gasteiger charge is -1.97. The van der Waals surface area contributed by atoms with Crippen LogP contribution in [0.4, 0.5) is 0 Å². The van der Waals surface area contributed by atoms with Gasteiger partial charge in [0, 0.05) is 11.4 Å². The van der Waals surface area contributed by atoms with Crippen LogP contribution < -0.4 is 0 Å². The van der Waals surface area contributed by atoms with Gasteiger partial charge in [-0.15, -0.1) is 0 Å². The number of nitrogens with zero attached hydrogens (tertiary/aromatic N) is 1. The van der Waals surface area contributed by atoms with E-state index < -0.39 is 0 Å². The molecule has 4 heteroatoms. The summed E-state index contributed by atoms with van der Waals surface area (Å²) in [6.07, 6.45) is 2.95. The molecule has 0 aliphatic heterocycles. The molecule has 1 heterocycles. The molecule has 0 fully saturated rings. The first-order valence-corrected chi connectivity index (χ1v) is 4.89. The standard InChI is InChI=1S/C11H9ClN2O/c12-9-3-1-8(2-4-9)5-11-13-6-10(7-15)14-11/h1-4,6-7H,5H2,(H,13,14). The molecule has 1 aromatic heterocycles. The van der Waals surface area contributed by atoms with E-state index in [-0.39, 0.29) is 0 Å². The van der Waals surface area contributed by atoms with Crippen molar-refractivity contribution in [1.29, 1.82) is 0 Å². The van der Waals surface area contributed by atoms with Crippen LogP contribution in [-0.4, -0.2) is 16.3 Å². The minimum atomic E-state index is 0.499. The van der Waals surface area contributed by atoms with Crippen LogP contribution in [0.1, 0.15) is 21.9 Å². The fourth-order valence-corrected chi connectivity index (χ4v) is 1.45. The monoisotopic (exact) mass is 220 g/mol. The number of benzene rings is 1. The average molecular weight is 221 g/mol. The van der Waals surface area contributed by atoms with Gasteiger partial charge >= 0.3 is 0 Å². The number of carbonyl (C=O) groups excluding carboxylic acids is 1. The number of halogens is 1. The van der Waals surface area contributed by atoms with Crippen molar-refractivity contribution < 1.29 is 4.79 Å². The molecule has 0 saturated heterocycles. The van der Waals surface area contributed by atoms with Crippen LogP contribution in [-0.2, 0) is 6.42 Å². The quantitative estimate of drug-likeness (QED) is 0.808. The summed E-state index contributed by atoms with van der Waals surface area (Å²) in [4.78, 5) is 17.4. The first-order valence-electron chi connectivity index (χ1n) is 4.51. The number of hydrogen-bond acceptors (Lipinski definition) is 2. The van der Waals surface area contributed by atoms with Crippen LogP contribution in [0.15, 0.2) is 30.5 Å². The Bertz CT molecular complexity index is 462. The fraction of sp³-hybridized carbons (Fsp3) is 0.0909. The summed E-state index contributed by atoms with van der Waals surface area (Å²) in [5, 5.41) is 0.715. The number of aromatic nitrogens is 2. The van der Waals surface area contributed by atoms with Gasteiger partial charge in [-0.05, 0) is 17.7 Å². The van der Waals surface area contributed by atoms with Gasteiger partial charge in [0.1, 0.15) is 5.82 Å². The molecule has 0 aliphatic rings. The number of aldehydes is 1. The van der Waals surface area contributed by atoms with Gasteiger partial charge in [-0.1, -0.05) is 23.7 Å². The predicted octanol–water partition coefficient (Wildman–Crippen LogP) is 2.47. The maximum atomic E-state index is 10.4. The van der Waals surface area contributed by atoms with Gasteiger partial charge in [-0.3, -0.25) is 4.79 Å². The lowest BCUT2D eigenvalue weighted by molar-refractivity contribution is 0.111. The van der Waals surface area contributed by atoms with Crippen LogP contribution in [0, 0.1) is 0 Å². The highest BCUT2D eigenvalue weighted by molar-refractivity contribution is 6.30. The summed E-state index contributed by atoms with van der Waals surface area (Å²) in [7, 11) is 0. The highest BCUT2D eigenvalue weighted by Crippen LogP contribution is 2.11. The third-order valence-corrected chi connectivity index (χ3v) is 2.31. The Hall–Kier alpha value is -1.61. The number of carbonyl (C=O) groups is 1. The first-order chi connectivity index (χ1) is 7.28. The number of hydrogen-bond donors (Lipinski definition) is 1. The van der Waals surface area contributed by atoms with E-state index in [0.29, 0.717) is 17.1 Å². The predicted molar refractivity (Wildman–Crippen MR) is 58.2 cm³/mol. The van der Waals surface area contributed by atoms with Gasteiger partial charge in [-0.2, -0.15) is 0 Å². The molecule has 0 saturated carbocycles. The van der Waals surface area contributed by atoms with Gasteiger partial charge in [0.15, 0.2) is 6.29 Å². The Kier molecular flexibility index (Phi) is 2.83. The molecule has 0 unspecified atom stereocenters. The third kappa shape index (κ3) is 2.44. The maximum absolute atomic E-state index is 10.4. The van der Waals surface area contributed by atoms with Gasteiger partial charge < -0.3 is 4.98 Å². The highest BCUT2D eigenvalue weighted by Gasteiger charge is 2.01. The Labute approximate surface area is 92.1 Å². The second kappa shape index (κ2) is 4.28. The smallest absolute Gasteiger partial charge is 0.167 e. The molecule has 0 amide bonds. The van der Waals surface area contributed by atoms with Crippen molar-refractivity contribution in [1.82, 2.24) is 9.97 Å². The van der Waals surface area contributed by atoms with E-state index in [2.05, 4.69) is 9.97 Å². The number of nitrogens with one attached hydrogen (secondary N) is 1. The van der Waals surface area contributed by atoms with Crippen molar-refractivity contribution in [3.05, 3.63) is 52.6 Å². The fourth-order valence-electron chi connectivity index (χ4n) is 1.32. The molecule has 1 N–H and O–H groups in total. The Morgan fingerprint density at radius 2 is 2.07 bits per heavy atom. The SMILES string of the molecule is O=Cc1cnc(Cc2ccc(Cl)cc2)[nH]1. The Balaban J connectivity index is 2.14. The molecule has 0 radical (unpaired) electrons. The summed E-state index contributed by atoms with van der Waals surface area (Å²) in [5.74, 6) is 0.777. The van der Waals surface area contributed by atoms with Crippen LogP contribution in [0.2, 0.25) is 5.02 Å². The summed E-state index contributed by atoms with van der Waals surface area (Å²) in [6, 6.07) is 7.54. The van der Waals surface area contributed by atoms with E-state index in [9.17, 15) is 4.79 Å². The molecule has 3 nitrogen and oxygen atoms in total. The van der Waals surface area contributed by atoms with E-state index in [4.69, 9.17) is 11.6 Å². The molecule has 0 atom stereocenters. The molecule has 2 rings (SSSR count). The van der Waals surface area contributed by atoms with Crippen molar-refractivity contribution in [2.24, 2.45) is 0 Å². The molecule has 0 aliphatic carbocycles. The maximum Gasteiger partial charge on any atom is 0.167 e. The minimum absolute atomic E-state index is 0.499. The van der Waals surface area contributed by atoms with Crippen molar-refractivity contribution >= 4 is 17.9 Å². The van der Waals surface area contributed by atoms with Crippen molar-refractivity contribution in [3.8, 4) is 0 Å². The van der Waals surface area contributed by atoms with Gasteiger partial charge in [0.2, 0.25) is 0 Å². The minimum Gasteiger partial charge on any atom is -0.340 e. The van der Waals surface area contributed by atoms with Crippen molar-refractivity contribution in [2.75, 3.05) is 0 Å². The molecular weight excluding hydrogens is 212 g/mol. The van der Waals surface area contributed by atoms with Crippen LogP contribution in [0.5, 0.6) is 0 Å². The summed E-state index contributed by atoms with van der Waals surface area (Å²) in [5.41, 5.74) is 1.60. The van der Waals surface area contributed by atoms with E-state index in [1.807, 2.05) is 24.3 Å². The van der Waals surface area contributed by atoms with Crippen molar-refractivity contribution in [2.45, 2.75) is 6.42 Å². The zero-order chi connectivity index (χ0) is 10.7. The summed E-state index contributed by atoms with van der Waals surface area (Å²) >= 11 is 5.77. The Morgan fingerprint density at radius 3 is 2.67 bits per heavy atom. The first kappa shape index (κ1) is 9.93. The summed E-state index contributed by atoms with van der Waals surface area (Å²) < 4.78 is 0. The van der Waals surface area contributed by atoms with E-state index >= 15 is 0 Å². The third-order valence-electron chi connectivity index (χ3n) is 2.06. The summed E-state index contributed by atoms with van der Waals surface area (Å²) in [6.45, 7) is 0. The molecule has 15 heavy (non-hydrogen) atoms. The zero-order valence-corrected chi connectivity index (χ0v) is 8.66. The van der Waals surface area contributed by atoms with E-state index in [0.717, 1.165) is 17.7 Å². The number of H-pyrrole nitrogens is 1.